The molecule has 0 radical (unpaired) electrons. The quantitative estimate of drug-likeness (QED) is 0.788. The Morgan fingerprint density at radius 3 is 2.58 bits per heavy atom. The Bertz CT molecular complexity index is 758. The molecule has 2 N–H and O–H groups in total. The number of carbonyl (C=O) groups is 3. The topological polar surface area (TPSA) is 95.9 Å². The third-order valence-corrected chi connectivity index (χ3v) is 4.90. The van der Waals surface area contributed by atoms with Crippen molar-refractivity contribution in [1.29, 1.82) is 0 Å². The number of carbonyl (C=O) groups excluding carboxylic acids is 2. The van der Waals surface area contributed by atoms with Crippen LogP contribution in [0.5, 0.6) is 5.75 Å². The second kappa shape index (κ2) is 7.59. The molecular weight excluding hydrogens is 336 g/mol. The standard InChI is InChI=1S/C19H22N2O5/c1-26-16-11-12(8-9-15(16)21-10-4-7-17(21)22)20-18(23)13-5-2-3-6-14(13)19(24)25/h2-3,8-9,11,13-14H,4-7,10H2,1H3,(H,20,23)(H,24,25)/t13-,14+/m1/s1. The van der Waals surface area contributed by atoms with Crippen LogP contribution in [-0.2, 0) is 14.4 Å². The number of benzene rings is 1. The number of carboxylic acids is 1. The summed E-state index contributed by atoms with van der Waals surface area (Å²) in [7, 11) is 1.51. The van der Waals surface area contributed by atoms with Crippen LogP contribution in [0.25, 0.3) is 0 Å². The van der Waals surface area contributed by atoms with Crippen molar-refractivity contribution in [3.63, 3.8) is 0 Å². The minimum atomic E-state index is -0.963. The highest BCUT2D eigenvalue weighted by atomic mass is 16.5. The molecule has 7 nitrogen and oxygen atoms in total. The fourth-order valence-electron chi connectivity index (χ4n) is 3.49. The number of carboxylic acid groups (broad SMARTS) is 1. The number of nitrogens with one attached hydrogen (secondary N) is 1. The van der Waals surface area contributed by atoms with E-state index in [1.165, 1.54) is 7.11 Å². The first-order chi connectivity index (χ1) is 12.5. The van der Waals surface area contributed by atoms with Gasteiger partial charge >= 0.3 is 5.97 Å². The largest absolute Gasteiger partial charge is 0.494 e. The molecule has 2 atom stereocenters. The summed E-state index contributed by atoms with van der Waals surface area (Å²) in [6.07, 6.45) is 5.73. The second-order valence-electron chi connectivity index (χ2n) is 6.52. The summed E-state index contributed by atoms with van der Waals surface area (Å²) in [6, 6.07) is 5.11. The number of nitrogens with zero attached hydrogens (tertiary/aromatic N) is 1. The summed E-state index contributed by atoms with van der Waals surface area (Å²) in [5.74, 6) is -2.06. The van der Waals surface area contributed by atoms with Gasteiger partial charge in [0, 0.05) is 24.7 Å². The number of allylic oxidation sites excluding steroid dienone is 2. The van der Waals surface area contributed by atoms with E-state index < -0.39 is 17.8 Å². The summed E-state index contributed by atoms with van der Waals surface area (Å²) in [6.45, 7) is 0.648. The minimum absolute atomic E-state index is 0.0541. The van der Waals surface area contributed by atoms with Crippen LogP contribution in [0, 0.1) is 11.8 Å². The lowest BCUT2D eigenvalue weighted by molar-refractivity contribution is -0.146. The molecule has 0 spiro atoms. The molecule has 2 amide bonds. The molecule has 1 heterocycles. The van der Waals surface area contributed by atoms with E-state index >= 15 is 0 Å². The smallest absolute Gasteiger partial charge is 0.307 e. The first kappa shape index (κ1) is 18.0. The summed E-state index contributed by atoms with van der Waals surface area (Å²) >= 11 is 0. The van der Waals surface area contributed by atoms with E-state index in [4.69, 9.17) is 4.74 Å². The predicted octanol–water partition coefficient (Wildman–Crippen LogP) is 2.43. The molecule has 1 fully saturated rings. The highest BCUT2D eigenvalue weighted by Crippen LogP contribution is 2.34. The lowest BCUT2D eigenvalue weighted by Gasteiger charge is -2.24. The Labute approximate surface area is 151 Å². The van der Waals surface area contributed by atoms with E-state index in [9.17, 15) is 19.5 Å². The van der Waals surface area contributed by atoms with Gasteiger partial charge in [0.2, 0.25) is 11.8 Å². The molecular formula is C19H22N2O5. The summed E-state index contributed by atoms with van der Waals surface area (Å²) in [5.41, 5.74) is 1.19. The van der Waals surface area contributed by atoms with Crippen LogP contribution in [0.1, 0.15) is 25.7 Å². The normalized spacial score (nSPS) is 22.3. The average molecular weight is 358 g/mol. The number of anilines is 2. The monoisotopic (exact) mass is 358 g/mol. The summed E-state index contributed by atoms with van der Waals surface area (Å²) in [4.78, 5) is 37.6. The van der Waals surface area contributed by atoms with Gasteiger partial charge in [0.15, 0.2) is 0 Å². The number of hydrogen-bond donors (Lipinski definition) is 2. The highest BCUT2D eigenvalue weighted by Gasteiger charge is 2.34. The zero-order valence-corrected chi connectivity index (χ0v) is 14.6. The van der Waals surface area contributed by atoms with E-state index in [2.05, 4.69) is 5.32 Å². The Morgan fingerprint density at radius 2 is 1.96 bits per heavy atom. The maximum Gasteiger partial charge on any atom is 0.307 e. The Morgan fingerprint density at radius 1 is 1.23 bits per heavy atom. The zero-order chi connectivity index (χ0) is 18.7. The molecule has 138 valence electrons. The van der Waals surface area contributed by atoms with Crippen LogP contribution >= 0.6 is 0 Å². The molecule has 0 saturated carbocycles. The van der Waals surface area contributed by atoms with Crippen molar-refractivity contribution in [1.82, 2.24) is 0 Å². The molecule has 1 aromatic rings. The fourth-order valence-corrected chi connectivity index (χ4v) is 3.49. The lowest BCUT2D eigenvalue weighted by Crippen LogP contribution is -2.34. The Kier molecular flexibility index (Phi) is 5.25. The van der Waals surface area contributed by atoms with Crippen LogP contribution in [-0.4, -0.2) is 36.5 Å². The molecule has 0 bridgehead atoms. The third-order valence-electron chi connectivity index (χ3n) is 4.90. The van der Waals surface area contributed by atoms with E-state index in [1.54, 1.807) is 29.2 Å². The van der Waals surface area contributed by atoms with Crippen molar-refractivity contribution >= 4 is 29.2 Å². The number of aliphatic carboxylic acids is 1. The van der Waals surface area contributed by atoms with Gasteiger partial charge in [-0.25, -0.2) is 0 Å². The molecule has 7 heteroatoms. The van der Waals surface area contributed by atoms with Gasteiger partial charge < -0.3 is 20.1 Å². The Balaban J connectivity index is 1.77. The molecule has 1 saturated heterocycles. The van der Waals surface area contributed by atoms with Gasteiger partial charge in [-0.3, -0.25) is 14.4 Å². The molecule has 1 aliphatic heterocycles. The van der Waals surface area contributed by atoms with Crippen LogP contribution < -0.4 is 15.0 Å². The van der Waals surface area contributed by atoms with Gasteiger partial charge in [-0.05, 0) is 31.4 Å². The number of amides is 2. The predicted molar refractivity (Wildman–Crippen MR) is 96.2 cm³/mol. The number of methoxy groups -OCH3 is 1. The van der Waals surface area contributed by atoms with Crippen molar-refractivity contribution < 1.29 is 24.2 Å². The Hall–Kier alpha value is -2.83. The fraction of sp³-hybridized carbons (Fsp3) is 0.421. The van der Waals surface area contributed by atoms with E-state index in [-0.39, 0.29) is 11.8 Å². The van der Waals surface area contributed by atoms with Gasteiger partial charge in [-0.1, -0.05) is 12.2 Å². The first-order valence-electron chi connectivity index (χ1n) is 8.68. The number of hydrogen-bond acceptors (Lipinski definition) is 4. The van der Waals surface area contributed by atoms with Gasteiger partial charge in [0.05, 0.1) is 24.6 Å². The molecule has 0 aromatic heterocycles. The molecule has 1 aliphatic carbocycles. The van der Waals surface area contributed by atoms with Crippen molar-refractivity contribution in [3.8, 4) is 5.75 Å². The first-order valence-corrected chi connectivity index (χ1v) is 8.68. The highest BCUT2D eigenvalue weighted by molar-refractivity contribution is 5.98. The number of rotatable bonds is 5. The molecule has 3 rings (SSSR count). The molecule has 0 unspecified atom stereocenters. The molecule has 26 heavy (non-hydrogen) atoms. The van der Waals surface area contributed by atoms with Crippen molar-refractivity contribution in [3.05, 3.63) is 30.4 Å². The summed E-state index contributed by atoms with van der Waals surface area (Å²) < 4.78 is 5.38. The zero-order valence-electron chi connectivity index (χ0n) is 14.6. The van der Waals surface area contributed by atoms with Gasteiger partial charge in [0.1, 0.15) is 5.75 Å². The van der Waals surface area contributed by atoms with E-state index in [1.807, 2.05) is 6.08 Å². The van der Waals surface area contributed by atoms with Crippen LogP contribution in [0.4, 0.5) is 11.4 Å². The third kappa shape index (κ3) is 3.56. The van der Waals surface area contributed by atoms with Gasteiger partial charge in [-0.2, -0.15) is 0 Å². The lowest BCUT2D eigenvalue weighted by atomic mass is 9.82. The van der Waals surface area contributed by atoms with Crippen LogP contribution in [0.15, 0.2) is 30.4 Å². The SMILES string of the molecule is COc1cc(NC(=O)[C@@H]2CC=CC[C@@H]2C(=O)O)ccc1N1CCCC1=O. The average Bonchev–Trinajstić information content (AvgIpc) is 3.07. The van der Waals surface area contributed by atoms with E-state index in [0.29, 0.717) is 42.9 Å². The van der Waals surface area contributed by atoms with Crippen molar-refractivity contribution in [2.45, 2.75) is 25.7 Å². The maximum absolute atomic E-state index is 12.6. The molecule has 2 aliphatic rings. The summed E-state index contributed by atoms with van der Waals surface area (Å²) in [5, 5.41) is 12.1. The maximum atomic E-state index is 12.6. The van der Waals surface area contributed by atoms with Crippen molar-refractivity contribution in [2.24, 2.45) is 11.8 Å². The molecule has 1 aromatic carbocycles. The van der Waals surface area contributed by atoms with Crippen LogP contribution in [0.2, 0.25) is 0 Å². The van der Waals surface area contributed by atoms with Gasteiger partial charge in [0.25, 0.3) is 0 Å². The number of ether oxygens (including phenoxy) is 1. The second-order valence-corrected chi connectivity index (χ2v) is 6.52. The van der Waals surface area contributed by atoms with E-state index in [0.717, 1.165) is 6.42 Å². The minimum Gasteiger partial charge on any atom is -0.494 e. The van der Waals surface area contributed by atoms with Gasteiger partial charge in [-0.15, -0.1) is 0 Å². The van der Waals surface area contributed by atoms with Crippen molar-refractivity contribution in [2.75, 3.05) is 23.9 Å². The van der Waals surface area contributed by atoms with Crippen LogP contribution in [0.3, 0.4) is 0 Å².